The van der Waals surface area contributed by atoms with E-state index in [0.29, 0.717) is 6.54 Å². The van der Waals surface area contributed by atoms with E-state index in [0.717, 1.165) is 6.42 Å². The quantitative estimate of drug-likeness (QED) is 0.659. The van der Waals surface area contributed by atoms with Gasteiger partial charge in [0.25, 0.3) is 0 Å². The van der Waals surface area contributed by atoms with Gasteiger partial charge in [-0.2, -0.15) is 0 Å². The molecule has 0 aliphatic carbocycles. The molecule has 0 saturated heterocycles. The summed E-state index contributed by atoms with van der Waals surface area (Å²) in [5.74, 6) is 0.620. The van der Waals surface area contributed by atoms with Gasteiger partial charge in [-0.25, -0.2) is 4.79 Å². The number of rotatable bonds is 6. The number of carbonyl (C=O) groups is 3. The number of nitrogens with zero attached hydrogens (tertiary/aromatic N) is 1. The molecule has 6 heteroatoms. The van der Waals surface area contributed by atoms with Gasteiger partial charge in [-0.3, -0.25) is 14.9 Å². The molecule has 0 saturated carbocycles. The summed E-state index contributed by atoms with van der Waals surface area (Å²) in [4.78, 5) is 34.3. The lowest BCUT2D eigenvalue weighted by molar-refractivity contribution is -0.138. The summed E-state index contributed by atoms with van der Waals surface area (Å²) in [6.07, 6.45) is 5.28. The second kappa shape index (κ2) is 8.16. The maximum atomic E-state index is 11.5. The van der Waals surface area contributed by atoms with E-state index in [2.05, 4.69) is 11.2 Å². The Morgan fingerprint density at radius 2 is 2.00 bits per heavy atom. The van der Waals surface area contributed by atoms with Gasteiger partial charge in [0, 0.05) is 13.0 Å². The van der Waals surface area contributed by atoms with Crippen molar-refractivity contribution in [2.45, 2.75) is 26.2 Å². The molecule has 0 heterocycles. The number of aliphatic carboxylic acids is 1. The molecule has 0 fully saturated rings. The Kier molecular flexibility index (Phi) is 7.19. The Labute approximate surface area is 100.0 Å². The van der Waals surface area contributed by atoms with E-state index < -0.39 is 17.9 Å². The first-order valence-electron chi connectivity index (χ1n) is 5.25. The number of nitrogens with one attached hydrogen (secondary N) is 1. The van der Waals surface area contributed by atoms with Crippen LogP contribution in [0.2, 0.25) is 0 Å². The molecule has 2 N–H and O–H groups in total. The normalized spacial score (nSPS) is 9.18. The van der Waals surface area contributed by atoms with Crippen molar-refractivity contribution in [3.63, 3.8) is 0 Å². The van der Waals surface area contributed by atoms with Crippen LogP contribution in [0.15, 0.2) is 0 Å². The zero-order valence-corrected chi connectivity index (χ0v) is 9.73. The summed E-state index contributed by atoms with van der Waals surface area (Å²) in [5, 5.41) is 10.5. The SMILES string of the molecule is C#CCN(CCC)C(=O)NC(=O)CCC(=O)O. The van der Waals surface area contributed by atoms with Crippen molar-refractivity contribution in [1.82, 2.24) is 10.2 Å². The fourth-order valence-corrected chi connectivity index (χ4v) is 1.11. The molecular weight excluding hydrogens is 224 g/mol. The van der Waals surface area contributed by atoms with Crippen molar-refractivity contribution >= 4 is 17.9 Å². The number of carboxylic acid groups (broad SMARTS) is 1. The summed E-state index contributed by atoms with van der Waals surface area (Å²) in [6.45, 7) is 2.44. The van der Waals surface area contributed by atoms with Crippen LogP contribution in [-0.4, -0.2) is 41.0 Å². The molecular formula is C11H16N2O4. The van der Waals surface area contributed by atoms with Crippen molar-refractivity contribution in [2.75, 3.05) is 13.1 Å². The molecule has 0 aliphatic heterocycles. The maximum Gasteiger partial charge on any atom is 0.324 e. The standard InChI is InChI=1S/C11H16N2O4/c1-3-7-13(8-4-2)11(17)12-9(14)5-6-10(15)16/h1H,4-8H2,2H3,(H,15,16)(H,12,14,17). The number of imide groups is 1. The summed E-state index contributed by atoms with van der Waals surface area (Å²) in [7, 11) is 0. The number of carbonyl (C=O) groups excluding carboxylic acids is 2. The van der Waals surface area contributed by atoms with Crippen LogP contribution in [0.4, 0.5) is 4.79 Å². The zero-order chi connectivity index (χ0) is 13.3. The van der Waals surface area contributed by atoms with Crippen LogP contribution in [0.1, 0.15) is 26.2 Å². The van der Waals surface area contributed by atoms with E-state index in [1.54, 1.807) is 0 Å². The average Bonchev–Trinajstić information content (AvgIpc) is 2.26. The third kappa shape index (κ3) is 6.95. The van der Waals surface area contributed by atoms with E-state index >= 15 is 0 Å². The van der Waals surface area contributed by atoms with Crippen molar-refractivity contribution in [2.24, 2.45) is 0 Å². The van der Waals surface area contributed by atoms with E-state index in [1.807, 2.05) is 6.92 Å². The molecule has 0 spiro atoms. The van der Waals surface area contributed by atoms with Crippen LogP contribution in [-0.2, 0) is 9.59 Å². The van der Waals surface area contributed by atoms with Crippen LogP contribution in [0, 0.1) is 12.3 Å². The molecule has 17 heavy (non-hydrogen) atoms. The van der Waals surface area contributed by atoms with Gasteiger partial charge >= 0.3 is 12.0 Å². The zero-order valence-electron chi connectivity index (χ0n) is 9.73. The minimum atomic E-state index is -1.08. The van der Waals surface area contributed by atoms with Crippen molar-refractivity contribution in [3.05, 3.63) is 0 Å². The smallest absolute Gasteiger partial charge is 0.324 e. The minimum Gasteiger partial charge on any atom is -0.481 e. The predicted molar refractivity (Wildman–Crippen MR) is 61.1 cm³/mol. The first kappa shape index (κ1) is 15.0. The lowest BCUT2D eigenvalue weighted by atomic mass is 10.3. The molecule has 0 radical (unpaired) electrons. The first-order chi connectivity index (χ1) is 8.01. The Bertz CT molecular complexity index is 333. The van der Waals surface area contributed by atoms with E-state index in [-0.39, 0.29) is 19.4 Å². The molecule has 0 aliphatic rings. The van der Waals surface area contributed by atoms with Crippen molar-refractivity contribution < 1.29 is 19.5 Å². The molecule has 0 aromatic carbocycles. The second-order valence-corrected chi connectivity index (χ2v) is 3.37. The summed E-state index contributed by atoms with van der Waals surface area (Å²) >= 11 is 0. The summed E-state index contributed by atoms with van der Waals surface area (Å²) in [6, 6.07) is -0.583. The molecule has 6 nitrogen and oxygen atoms in total. The van der Waals surface area contributed by atoms with E-state index in [1.165, 1.54) is 4.90 Å². The van der Waals surface area contributed by atoms with Gasteiger partial charge in [-0.05, 0) is 6.42 Å². The first-order valence-corrected chi connectivity index (χ1v) is 5.25. The lowest BCUT2D eigenvalue weighted by Crippen LogP contribution is -2.43. The Hall–Kier alpha value is -2.03. The van der Waals surface area contributed by atoms with Crippen LogP contribution in [0.3, 0.4) is 0 Å². The maximum absolute atomic E-state index is 11.5. The topological polar surface area (TPSA) is 86.7 Å². The number of carboxylic acids is 1. The molecule has 0 unspecified atom stereocenters. The van der Waals surface area contributed by atoms with Crippen LogP contribution < -0.4 is 5.32 Å². The number of amides is 3. The van der Waals surface area contributed by atoms with Gasteiger partial charge in [0.15, 0.2) is 0 Å². The van der Waals surface area contributed by atoms with Gasteiger partial charge < -0.3 is 10.0 Å². The number of terminal acetylenes is 1. The van der Waals surface area contributed by atoms with Crippen LogP contribution in [0.5, 0.6) is 0 Å². The van der Waals surface area contributed by atoms with E-state index in [9.17, 15) is 14.4 Å². The van der Waals surface area contributed by atoms with Crippen molar-refractivity contribution in [1.29, 1.82) is 0 Å². The Balaban J connectivity index is 4.16. The highest BCUT2D eigenvalue weighted by molar-refractivity contribution is 5.95. The third-order valence-corrected chi connectivity index (χ3v) is 1.88. The predicted octanol–water partition coefficient (Wildman–Crippen LogP) is 0.433. The largest absolute Gasteiger partial charge is 0.481 e. The fourth-order valence-electron chi connectivity index (χ4n) is 1.11. The minimum absolute atomic E-state index is 0.117. The molecule has 0 bridgehead atoms. The van der Waals surface area contributed by atoms with Gasteiger partial charge in [0.05, 0.1) is 13.0 Å². The molecule has 0 aromatic rings. The number of hydrogen-bond acceptors (Lipinski definition) is 3. The molecule has 3 amide bonds. The third-order valence-electron chi connectivity index (χ3n) is 1.88. The highest BCUT2D eigenvalue weighted by Crippen LogP contribution is 1.94. The number of hydrogen-bond donors (Lipinski definition) is 2. The second-order valence-electron chi connectivity index (χ2n) is 3.37. The highest BCUT2D eigenvalue weighted by atomic mass is 16.4. The van der Waals surface area contributed by atoms with Crippen LogP contribution >= 0.6 is 0 Å². The monoisotopic (exact) mass is 240 g/mol. The molecule has 94 valence electrons. The Morgan fingerprint density at radius 3 is 2.47 bits per heavy atom. The van der Waals surface area contributed by atoms with Gasteiger partial charge in [-0.1, -0.05) is 12.8 Å². The highest BCUT2D eigenvalue weighted by Gasteiger charge is 2.15. The fraction of sp³-hybridized carbons (Fsp3) is 0.545. The summed E-state index contributed by atoms with van der Waals surface area (Å²) in [5.41, 5.74) is 0. The van der Waals surface area contributed by atoms with Crippen molar-refractivity contribution in [3.8, 4) is 12.3 Å². The average molecular weight is 240 g/mol. The van der Waals surface area contributed by atoms with Gasteiger partial charge in [0.2, 0.25) is 5.91 Å². The Morgan fingerprint density at radius 1 is 1.35 bits per heavy atom. The molecule has 0 atom stereocenters. The number of urea groups is 1. The van der Waals surface area contributed by atoms with Gasteiger partial charge in [-0.15, -0.1) is 6.42 Å². The van der Waals surface area contributed by atoms with Gasteiger partial charge in [0.1, 0.15) is 0 Å². The molecule has 0 aromatic heterocycles. The molecule has 0 rings (SSSR count). The summed E-state index contributed by atoms with van der Waals surface area (Å²) < 4.78 is 0. The van der Waals surface area contributed by atoms with Crippen LogP contribution in [0.25, 0.3) is 0 Å². The lowest BCUT2D eigenvalue weighted by Gasteiger charge is -2.19. The van der Waals surface area contributed by atoms with E-state index in [4.69, 9.17) is 11.5 Å².